The summed E-state index contributed by atoms with van der Waals surface area (Å²) in [6.45, 7) is 1.80. The fourth-order valence-corrected chi connectivity index (χ4v) is 2.37. The molecule has 0 atom stereocenters. The highest BCUT2D eigenvalue weighted by Gasteiger charge is 2.05. The summed E-state index contributed by atoms with van der Waals surface area (Å²) >= 11 is 0. The molecule has 23 heavy (non-hydrogen) atoms. The van der Waals surface area contributed by atoms with Crippen LogP contribution < -0.4 is 11.1 Å². The van der Waals surface area contributed by atoms with Gasteiger partial charge in [-0.3, -0.25) is 0 Å². The number of likely N-dealkylation sites (N-methyl/N-ethyl adjacent to an activating group) is 1. The molecule has 6 nitrogen and oxygen atoms in total. The number of aromatic nitrogens is 3. The fraction of sp³-hybridized carbons (Fsp3) is 0.235. The number of benzene rings is 1. The van der Waals surface area contributed by atoms with E-state index in [1.165, 1.54) is 6.33 Å². The second-order valence-corrected chi connectivity index (χ2v) is 5.65. The Hall–Kier alpha value is -2.73. The molecule has 3 rings (SSSR count). The van der Waals surface area contributed by atoms with Gasteiger partial charge in [-0.25, -0.2) is 15.0 Å². The Morgan fingerprint density at radius 1 is 1.04 bits per heavy atom. The molecule has 0 aliphatic carbocycles. The third-order valence-electron chi connectivity index (χ3n) is 3.62. The minimum atomic E-state index is 0.496. The minimum absolute atomic E-state index is 0.496. The average Bonchev–Trinajstić information content (AvgIpc) is 2.55. The number of nitrogens with two attached hydrogens (primary N) is 1. The van der Waals surface area contributed by atoms with E-state index in [1.54, 1.807) is 0 Å². The Morgan fingerprint density at radius 3 is 2.70 bits per heavy atom. The lowest BCUT2D eigenvalue weighted by Crippen LogP contribution is -2.21. The van der Waals surface area contributed by atoms with Gasteiger partial charge in [0.15, 0.2) is 0 Å². The van der Waals surface area contributed by atoms with E-state index in [0.29, 0.717) is 5.82 Å². The van der Waals surface area contributed by atoms with E-state index in [0.717, 1.165) is 40.9 Å². The molecule has 0 saturated heterocycles. The molecule has 0 spiro atoms. The molecule has 6 heteroatoms. The summed E-state index contributed by atoms with van der Waals surface area (Å²) < 4.78 is 0. The van der Waals surface area contributed by atoms with E-state index < -0.39 is 0 Å². The first-order chi connectivity index (χ1) is 11.1. The molecule has 118 valence electrons. The highest BCUT2D eigenvalue weighted by atomic mass is 15.1. The zero-order valence-corrected chi connectivity index (χ0v) is 13.3. The third-order valence-corrected chi connectivity index (χ3v) is 3.62. The van der Waals surface area contributed by atoms with Crippen molar-refractivity contribution in [1.82, 2.24) is 19.9 Å². The van der Waals surface area contributed by atoms with Crippen LogP contribution >= 0.6 is 0 Å². The fourth-order valence-electron chi connectivity index (χ4n) is 2.37. The Morgan fingerprint density at radius 2 is 1.87 bits per heavy atom. The molecule has 1 aromatic carbocycles. The zero-order valence-electron chi connectivity index (χ0n) is 13.3. The summed E-state index contributed by atoms with van der Waals surface area (Å²) in [5.74, 6) is 1.36. The monoisotopic (exact) mass is 308 g/mol. The van der Waals surface area contributed by atoms with Gasteiger partial charge in [0.05, 0.1) is 5.52 Å². The van der Waals surface area contributed by atoms with Crippen LogP contribution in [0.25, 0.3) is 22.0 Å². The number of nitrogens with one attached hydrogen (secondary N) is 1. The highest BCUT2D eigenvalue weighted by Crippen LogP contribution is 2.26. The number of hydrogen-bond donors (Lipinski definition) is 2. The number of pyridine rings is 1. The van der Waals surface area contributed by atoms with Crippen molar-refractivity contribution >= 4 is 22.5 Å². The number of nitrogens with zero attached hydrogens (tertiary/aromatic N) is 4. The lowest BCUT2D eigenvalue weighted by molar-refractivity contribution is 0.425. The quantitative estimate of drug-likeness (QED) is 0.752. The van der Waals surface area contributed by atoms with Gasteiger partial charge in [0, 0.05) is 24.7 Å². The van der Waals surface area contributed by atoms with E-state index in [4.69, 9.17) is 5.73 Å². The van der Waals surface area contributed by atoms with Crippen molar-refractivity contribution in [3.63, 3.8) is 0 Å². The smallest absolute Gasteiger partial charge is 0.134 e. The lowest BCUT2D eigenvalue weighted by Gasteiger charge is -2.11. The molecular weight excluding hydrogens is 288 g/mol. The first kappa shape index (κ1) is 15.2. The summed E-state index contributed by atoms with van der Waals surface area (Å²) in [6.07, 6.45) is 3.29. The lowest BCUT2D eigenvalue weighted by atomic mass is 10.0. The van der Waals surface area contributed by atoms with E-state index in [2.05, 4.69) is 25.2 Å². The maximum atomic E-state index is 5.95. The largest absolute Gasteiger partial charge is 0.383 e. The average molecular weight is 308 g/mol. The summed E-state index contributed by atoms with van der Waals surface area (Å²) in [5, 5.41) is 4.20. The molecule has 3 aromatic rings. The van der Waals surface area contributed by atoms with Gasteiger partial charge in [-0.15, -0.1) is 0 Å². The van der Waals surface area contributed by atoms with Crippen LogP contribution in [0, 0.1) is 0 Å². The molecule has 0 fully saturated rings. The van der Waals surface area contributed by atoms with Crippen molar-refractivity contribution in [1.29, 1.82) is 0 Å². The third kappa shape index (κ3) is 3.54. The van der Waals surface area contributed by atoms with E-state index in [9.17, 15) is 0 Å². The Balaban J connectivity index is 1.88. The maximum absolute atomic E-state index is 5.95. The van der Waals surface area contributed by atoms with E-state index in [1.807, 2.05) is 50.6 Å². The van der Waals surface area contributed by atoms with Gasteiger partial charge in [0.1, 0.15) is 18.0 Å². The Bertz CT molecular complexity index is 815. The predicted octanol–water partition coefficient (Wildman–Crippen LogP) is 2.25. The molecule has 0 saturated carbocycles. The van der Waals surface area contributed by atoms with Crippen LogP contribution in [-0.2, 0) is 0 Å². The molecule has 0 unspecified atom stereocenters. The van der Waals surface area contributed by atoms with Crippen molar-refractivity contribution < 1.29 is 0 Å². The van der Waals surface area contributed by atoms with Crippen LogP contribution in [0.5, 0.6) is 0 Å². The molecule has 0 amide bonds. The Kier molecular flexibility index (Phi) is 4.34. The van der Waals surface area contributed by atoms with Gasteiger partial charge in [-0.05, 0) is 49.5 Å². The van der Waals surface area contributed by atoms with Crippen molar-refractivity contribution in [2.24, 2.45) is 0 Å². The van der Waals surface area contributed by atoms with E-state index >= 15 is 0 Å². The molecule has 0 aliphatic heterocycles. The van der Waals surface area contributed by atoms with Gasteiger partial charge in [0.25, 0.3) is 0 Å². The van der Waals surface area contributed by atoms with Crippen molar-refractivity contribution in [2.75, 3.05) is 38.2 Å². The molecule has 0 aliphatic rings. The minimum Gasteiger partial charge on any atom is -0.383 e. The second-order valence-electron chi connectivity index (χ2n) is 5.65. The van der Waals surface area contributed by atoms with E-state index in [-0.39, 0.29) is 0 Å². The van der Waals surface area contributed by atoms with Crippen LogP contribution in [0.3, 0.4) is 0 Å². The molecule has 0 radical (unpaired) electrons. The summed E-state index contributed by atoms with van der Waals surface area (Å²) in [4.78, 5) is 14.8. The topological polar surface area (TPSA) is 80.0 Å². The molecule has 3 N–H and O–H groups in total. The van der Waals surface area contributed by atoms with Crippen LogP contribution in [0.2, 0.25) is 0 Å². The zero-order chi connectivity index (χ0) is 16.2. The predicted molar refractivity (Wildman–Crippen MR) is 94.2 cm³/mol. The van der Waals surface area contributed by atoms with Gasteiger partial charge < -0.3 is 16.0 Å². The standard InChI is InChI=1S/C17H20N6/c1-23(2)8-7-20-16-10-13(5-6-19-16)12-3-4-15-14(9-12)17(18)22-11-21-15/h3-6,9-11H,7-8H2,1-2H3,(H,19,20)(H2,18,21,22). The number of anilines is 2. The van der Waals surface area contributed by atoms with Gasteiger partial charge in [-0.1, -0.05) is 6.07 Å². The molecule has 2 heterocycles. The number of hydrogen-bond acceptors (Lipinski definition) is 6. The van der Waals surface area contributed by atoms with Crippen molar-refractivity contribution in [3.8, 4) is 11.1 Å². The summed E-state index contributed by atoms with van der Waals surface area (Å²) in [7, 11) is 4.10. The molecular formula is C17H20N6. The van der Waals surface area contributed by atoms with Crippen LogP contribution in [0.4, 0.5) is 11.6 Å². The first-order valence-corrected chi connectivity index (χ1v) is 7.49. The maximum Gasteiger partial charge on any atom is 0.134 e. The van der Waals surface area contributed by atoms with Crippen LogP contribution in [-0.4, -0.2) is 47.0 Å². The normalized spacial score (nSPS) is 11.1. The highest BCUT2D eigenvalue weighted by molar-refractivity contribution is 5.91. The number of rotatable bonds is 5. The van der Waals surface area contributed by atoms with Gasteiger partial charge in [-0.2, -0.15) is 0 Å². The van der Waals surface area contributed by atoms with Crippen molar-refractivity contribution in [3.05, 3.63) is 42.9 Å². The Labute approximate surface area is 135 Å². The molecule has 0 bridgehead atoms. The van der Waals surface area contributed by atoms with Gasteiger partial charge >= 0.3 is 0 Å². The van der Waals surface area contributed by atoms with Gasteiger partial charge in [0.2, 0.25) is 0 Å². The van der Waals surface area contributed by atoms with Crippen molar-refractivity contribution in [2.45, 2.75) is 0 Å². The van der Waals surface area contributed by atoms with Crippen LogP contribution in [0.15, 0.2) is 42.9 Å². The number of fused-ring (bicyclic) bond motifs is 1. The SMILES string of the molecule is CN(C)CCNc1cc(-c2ccc3ncnc(N)c3c2)ccn1. The summed E-state index contributed by atoms with van der Waals surface area (Å²) in [5.41, 5.74) is 8.94. The molecule has 2 aromatic heterocycles. The van der Waals surface area contributed by atoms with Crippen LogP contribution in [0.1, 0.15) is 0 Å². The summed E-state index contributed by atoms with van der Waals surface area (Å²) in [6, 6.07) is 10.0. The first-order valence-electron chi connectivity index (χ1n) is 7.49. The second kappa shape index (κ2) is 6.58. The number of nitrogen functional groups attached to an aromatic ring is 1.